The molecule has 0 aliphatic heterocycles. The number of aryl methyl sites for hydroxylation is 2. The number of hydrogen-bond donors (Lipinski definition) is 2. The highest BCUT2D eigenvalue weighted by atomic mass is 79.9. The van der Waals surface area contributed by atoms with Crippen LogP contribution in [0.4, 0.5) is 5.82 Å². The predicted octanol–water partition coefficient (Wildman–Crippen LogP) is 2.72. The number of halogens is 1. The van der Waals surface area contributed by atoms with Crippen molar-refractivity contribution >= 4 is 21.7 Å². The number of ether oxygens (including phenoxy) is 1. The fourth-order valence-corrected chi connectivity index (χ4v) is 1.88. The number of nitrogens with one attached hydrogen (secondary N) is 1. The number of benzene rings is 1. The fourth-order valence-electron chi connectivity index (χ4n) is 1.65. The molecule has 0 unspecified atom stereocenters. The number of hydrazine groups is 1. The molecule has 0 saturated heterocycles. The minimum Gasteiger partial charge on any atom is -0.487 e. The molecular weight excluding hydrogens is 308 g/mol. The SMILES string of the molecule is Cc1cc(OCc2cnc(NN)cn2)cc(C)c1Br. The van der Waals surface area contributed by atoms with Gasteiger partial charge in [-0.15, -0.1) is 0 Å². The third-order valence-electron chi connectivity index (χ3n) is 2.65. The van der Waals surface area contributed by atoms with Gasteiger partial charge in [-0.2, -0.15) is 0 Å². The second-order valence-electron chi connectivity index (χ2n) is 4.20. The van der Waals surface area contributed by atoms with Crippen molar-refractivity contribution in [1.82, 2.24) is 9.97 Å². The molecule has 0 radical (unpaired) electrons. The zero-order valence-electron chi connectivity index (χ0n) is 10.8. The summed E-state index contributed by atoms with van der Waals surface area (Å²) in [7, 11) is 0. The van der Waals surface area contributed by atoms with E-state index in [-0.39, 0.29) is 0 Å². The third kappa shape index (κ3) is 3.42. The van der Waals surface area contributed by atoms with Gasteiger partial charge in [0.25, 0.3) is 0 Å². The molecule has 0 bridgehead atoms. The Morgan fingerprint density at radius 2 is 1.89 bits per heavy atom. The Morgan fingerprint density at radius 1 is 1.21 bits per heavy atom. The molecule has 5 nitrogen and oxygen atoms in total. The van der Waals surface area contributed by atoms with Gasteiger partial charge in [-0.3, -0.25) is 4.98 Å². The van der Waals surface area contributed by atoms with Crippen LogP contribution in [-0.4, -0.2) is 9.97 Å². The van der Waals surface area contributed by atoms with Crippen LogP contribution in [0.5, 0.6) is 5.75 Å². The molecule has 0 atom stereocenters. The van der Waals surface area contributed by atoms with Crippen LogP contribution in [0.25, 0.3) is 0 Å². The summed E-state index contributed by atoms with van der Waals surface area (Å²) >= 11 is 3.53. The molecule has 0 aliphatic carbocycles. The number of hydrogen-bond acceptors (Lipinski definition) is 5. The van der Waals surface area contributed by atoms with Crippen LogP contribution >= 0.6 is 15.9 Å². The Kier molecular flexibility index (Phi) is 4.34. The van der Waals surface area contributed by atoms with E-state index in [1.807, 2.05) is 26.0 Å². The molecule has 0 saturated carbocycles. The van der Waals surface area contributed by atoms with Crippen molar-refractivity contribution in [2.24, 2.45) is 5.84 Å². The lowest BCUT2D eigenvalue weighted by Gasteiger charge is -2.10. The molecular formula is C13H15BrN4O. The minimum absolute atomic E-state index is 0.373. The van der Waals surface area contributed by atoms with Crippen LogP contribution < -0.4 is 16.0 Å². The summed E-state index contributed by atoms with van der Waals surface area (Å²) in [5, 5.41) is 0. The number of anilines is 1. The van der Waals surface area contributed by atoms with Crippen molar-refractivity contribution in [3.8, 4) is 5.75 Å². The zero-order chi connectivity index (χ0) is 13.8. The maximum absolute atomic E-state index is 5.71. The second kappa shape index (κ2) is 5.99. The number of nitrogen functional groups attached to an aromatic ring is 1. The normalized spacial score (nSPS) is 10.3. The largest absolute Gasteiger partial charge is 0.487 e. The third-order valence-corrected chi connectivity index (χ3v) is 3.90. The summed E-state index contributed by atoms with van der Waals surface area (Å²) in [5.74, 6) is 6.57. The first-order valence-corrected chi connectivity index (χ1v) is 6.56. The molecule has 2 rings (SSSR count). The molecule has 1 aromatic carbocycles. The van der Waals surface area contributed by atoms with E-state index in [0.29, 0.717) is 12.4 Å². The summed E-state index contributed by atoms with van der Waals surface area (Å²) in [6, 6.07) is 3.97. The van der Waals surface area contributed by atoms with E-state index in [9.17, 15) is 0 Å². The zero-order valence-corrected chi connectivity index (χ0v) is 12.4. The maximum Gasteiger partial charge on any atom is 0.158 e. The van der Waals surface area contributed by atoms with Crippen LogP contribution in [0.15, 0.2) is 29.0 Å². The van der Waals surface area contributed by atoms with Gasteiger partial charge in [-0.05, 0) is 37.1 Å². The van der Waals surface area contributed by atoms with Gasteiger partial charge in [0.2, 0.25) is 0 Å². The predicted molar refractivity (Wildman–Crippen MR) is 77.8 cm³/mol. The molecule has 1 heterocycles. The molecule has 19 heavy (non-hydrogen) atoms. The summed E-state index contributed by atoms with van der Waals surface area (Å²) in [5.41, 5.74) is 5.46. The van der Waals surface area contributed by atoms with Crippen LogP contribution in [0.3, 0.4) is 0 Å². The highest BCUT2D eigenvalue weighted by molar-refractivity contribution is 9.10. The van der Waals surface area contributed by atoms with Gasteiger partial charge >= 0.3 is 0 Å². The summed E-state index contributed by atoms with van der Waals surface area (Å²) in [4.78, 5) is 8.26. The highest BCUT2D eigenvalue weighted by Gasteiger charge is 2.04. The number of nitrogens with two attached hydrogens (primary N) is 1. The number of aromatic nitrogens is 2. The molecule has 3 N–H and O–H groups in total. The van der Waals surface area contributed by atoms with Crippen molar-refractivity contribution in [2.75, 3.05) is 5.43 Å². The van der Waals surface area contributed by atoms with E-state index in [0.717, 1.165) is 27.0 Å². The average Bonchev–Trinajstić information content (AvgIpc) is 2.43. The van der Waals surface area contributed by atoms with Gasteiger partial charge in [-0.1, -0.05) is 15.9 Å². The quantitative estimate of drug-likeness (QED) is 0.668. The van der Waals surface area contributed by atoms with E-state index in [2.05, 4.69) is 31.3 Å². The summed E-state index contributed by atoms with van der Waals surface area (Å²) in [6.45, 7) is 4.44. The van der Waals surface area contributed by atoms with Gasteiger partial charge in [-0.25, -0.2) is 10.8 Å². The number of rotatable bonds is 4. The number of nitrogens with zero attached hydrogens (tertiary/aromatic N) is 2. The molecule has 6 heteroatoms. The van der Waals surface area contributed by atoms with Gasteiger partial charge < -0.3 is 10.2 Å². The Labute approximate surface area is 120 Å². The van der Waals surface area contributed by atoms with Crippen molar-refractivity contribution in [1.29, 1.82) is 0 Å². The van der Waals surface area contributed by atoms with Crippen molar-refractivity contribution in [2.45, 2.75) is 20.5 Å². The standard InChI is InChI=1S/C13H15BrN4O/c1-8-3-11(4-9(2)13(8)14)19-7-10-5-17-12(18-15)6-16-10/h3-6H,7,15H2,1-2H3,(H,17,18). The van der Waals surface area contributed by atoms with E-state index in [1.165, 1.54) is 0 Å². The van der Waals surface area contributed by atoms with Crippen molar-refractivity contribution < 1.29 is 4.74 Å². The first-order valence-electron chi connectivity index (χ1n) is 5.77. The second-order valence-corrected chi connectivity index (χ2v) is 4.99. The lowest BCUT2D eigenvalue weighted by atomic mass is 10.1. The molecule has 0 aliphatic rings. The lowest BCUT2D eigenvalue weighted by molar-refractivity contribution is 0.300. The molecule has 0 spiro atoms. The molecule has 1 aromatic heterocycles. The van der Waals surface area contributed by atoms with Crippen LogP contribution in [0.2, 0.25) is 0 Å². The molecule has 0 fully saturated rings. The fraction of sp³-hybridized carbons (Fsp3) is 0.231. The Hall–Kier alpha value is -1.66. The van der Waals surface area contributed by atoms with Crippen molar-refractivity contribution in [3.05, 3.63) is 45.8 Å². The topological polar surface area (TPSA) is 73.1 Å². The van der Waals surface area contributed by atoms with E-state index in [1.54, 1.807) is 12.4 Å². The van der Waals surface area contributed by atoms with Crippen LogP contribution in [0, 0.1) is 13.8 Å². The van der Waals surface area contributed by atoms with Gasteiger partial charge in [0, 0.05) is 4.47 Å². The Balaban J connectivity index is 2.05. The van der Waals surface area contributed by atoms with E-state index < -0.39 is 0 Å². The van der Waals surface area contributed by atoms with E-state index >= 15 is 0 Å². The smallest absolute Gasteiger partial charge is 0.158 e. The summed E-state index contributed by atoms with van der Waals surface area (Å²) < 4.78 is 6.82. The van der Waals surface area contributed by atoms with Gasteiger partial charge in [0.05, 0.1) is 18.1 Å². The Bertz CT molecular complexity index is 548. The first kappa shape index (κ1) is 13.8. The monoisotopic (exact) mass is 322 g/mol. The first-order chi connectivity index (χ1) is 9.10. The molecule has 100 valence electrons. The lowest BCUT2D eigenvalue weighted by Crippen LogP contribution is -2.09. The van der Waals surface area contributed by atoms with Gasteiger partial charge in [0.1, 0.15) is 12.4 Å². The summed E-state index contributed by atoms with van der Waals surface area (Å²) in [6.07, 6.45) is 3.20. The maximum atomic E-state index is 5.71. The van der Waals surface area contributed by atoms with Crippen molar-refractivity contribution in [3.63, 3.8) is 0 Å². The van der Waals surface area contributed by atoms with Gasteiger partial charge in [0.15, 0.2) is 5.82 Å². The highest BCUT2D eigenvalue weighted by Crippen LogP contribution is 2.26. The Morgan fingerprint density at radius 3 is 2.42 bits per heavy atom. The molecule has 2 aromatic rings. The minimum atomic E-state index is 0.373. The molecule has 0 amide bonds. The van der Waals surface area contributed by atoms with Crippen LogP contribution in [0.1, 0.15) is 16.8 Å². The van der Waals surface area contributed by atoms with E-state index in [4.69, 9.17) is 10.6 Å². The van der Waals surface area contributed by atoms with Crippen LogP contribution in [-0.2, 0) is 6.61 Å². The average molecular weight is 323 g/mol.